The van der Waals surface area contributed by atoms with Crippen LogP contribution in [0.4, 0.5) is 4.79 Å². The van der Waals surface area contributed by atoms with Gasteiger partial charge in [-0.15, -0.1) is 0 Å². The highest BCUT2D eigenvalue weighted by molar-refractivity contribution is 5.93. The van der Waals surface area contributed by atoms with Crippen LogP contribution in [0.2, 0.25) is 0 Å². The number of alkyl carbamates (subject to hydrolysis) is 1. The molecule has 0 bridgehead atoms. The third kappa shape index (κ3) is 9.91. The van der Waals surface area contributed by atoms with Crippen molar-refractivity contribution < 1.29 is 33.8 Å². The second-order valence-corrected chi connectivity index (χ2v) is 10.5. The Morgan fingerprint density at radius 1 is 1.02 bits per heavy atom. The molecule has 0 aromatic heterocycles. The summed E-state index contributed by atoms with van der Waals surface area (Å²) in [6.07, 6.45) is 0.653. The normalized spacial score (nSPS) is 12.6. The lowest BCUT2D eigenvalue weighted by molar-refractivity contribution is -0.144. The average molecular weight is 556 g/mol. The maximum Gasteiger partial charge on any atom is 0.408 e. The molecule has 40 heavy (non-hydrogen) atoms. The van der Waals surface area contributed by atoms with Gasteiger partial charge in [0.2, 0.25) is 11.8 Å². The third-order valence-electron chi connectivity index (χ3n) is 6.08. The molecule has 2 aromatic carbocycles. The highest BCUT2D eigenvalue weighted by Gasteiger charge is 2.37. The van der Waals surface area contributed by atoms with E-state index in [1.54, 1.807) is 45.0 Å². The molecule has 10 nitrogen and oxygen atoms in total. The lowest BCUT2D eigenvalue weighted by atomic mass is 9.96. The Hall–Kier alpha value is -4.08. The van der Waals surface area contributed by atoms with E-state index in [-0.39, 0.29) is 25.3 Å². The second-order valence-electron chi connectivity index (χ2n) is 10.5. The molecule has 0 heterocycles. The molecular weight excluding hydrogens is 514 g/mol. The van der Waals surface area contributed by atoms with Gasteiger partial charge in [0.25, 0.3) is 0 Å². The van der Waals surface area contributed by atoms with Gasteiger partial charge in [-0.25, -0.2) is 4.79 Å². The Balaban J connectivity index is 2.55. The lowest BCUT2D eigenvalue weighted by Crippen LogP contribution is -2.54. The molecule has 0 spiro atoms. The lowest BCUT2D eigenvalue weighted by Gasteiger charge is -2.35. The van der Waals surface area contributed by atoms with Crippen molar-refractivity contribution in [3.8, 4) is 5.75 Å². The van der Waals surface area contributed by atoms with Gasteiger partial charge in [-0.05, 0) is 62.9 Å². The largest absolute Gasteiger partial charge is 0.508 e. The van der Waals surface area contributed by atoms with Crippen molar-refractivity contribution in [2.24, 2.45) is 0 Å². The molecule has 2 unspecified atom stereocenters. The summed E-state index contributed by atoms with van der Waals surface area (Å²) in [5, 5.41) is 15.0. The van der Waals surface area contributed by atoms with Crippen molar-refractivity contribution in [2.45, 2.75) is 71.6 Å². The number of phenolic OH excluding ortho intramolecular Hbond substituents is 1. The summed E-state index contributed by atoms with van der Waals surface area (Å²) in [5.74, 6) is -1.60. The van der Waals surface area contributed by atoms with Crippen molar-refractivity contribution in [2.75, 3.05) is 20.2 Å². The molecule has 0 radical (unpaired) electrons. The van der Waals surface area contributed by atoms with E-state index in [1.165, 1.54) is 24.1 Å². The number of nitrogens with one attached hydrogen (secondary N) is 2. The number of amides is 3. The number of methoxy groups -OCH3 is 1. The predicted octanol–water partition coefficient (Wildman–Crippen LogP) is 3.80. The number of carbonyl (C=O) groups excluding carboxylic acids is 4. The fraction of sp³-hybridized carbons (Fsp3) is 0.467. The maximum atomic E-state index is 14.3. The quantitative estimate of drug-likeness (QED) is 0.339. The summed E-state index contributed by atoms with van der Waals surface area (Å²) in [4.78, 5) is 53.9. The number of rotatable bonds is 12. The van der Waals surface area contributed by atoms with E-state index in [1.807, 2.05) is 26.0 Å². The van der Waals surface area contributed by atoms with Gasteiger partial charge in [0.15, 0.2) is 0 Å². The number of carbonyl (C=O) groups is 4. The zero-order chi connectivity index (χ0) is 29.9. The molecule has 218 valence electrons. The van der Waals surface area contributed by atoms with Gasteiger partial charge in [-0.2, -0.15) is 0 Å². The molecule has 2 rings (SSSR count). The van der Waals surface area contributed by atoms with Crippen molar-refractivity contribution >= 4 is 23.9 Å². The van der Waals surface area contributed by atoms with Crippen LogP contribution in [0.5, 0.6) is 5.75 Å². The van der Waals surface area contributed by atoms with Crippen LogP contribution in [0.1, 0.15) is 63.3 Å². The SMILES string of the molecule is CCCCN(C(=O)C(Cc1ccc(O)cc1)NC(=O)OC(C)(C)C)C(C(=O)NCC(=O)OC)c1ccccc1C. The highest BCUT2D eigenvalue weighted by Crippen LogP contribution is 2.27. The van der Waals surface area contributed by atoms with Crippen LogP contribution in [0.3, 0.4) is 0 Å². The number of nitrogens with zero attached hydrogens (tertiary/aromatic N) is 1. The van der Waals surface area contributed by atoms with Gasteiger partial charge in [0.1, 0.15) is 30.0 Å². The monoisotopic (exact) mass is 555 g/mol. The smallest absolute Gasteiger partial charge is 0.408 e. The molecule has 2 aromatic rings. The van der Waals surface area contributed by atoms with Gasteiger partial charge in [0.05, 0.1) is 7.11 Å². The summed E-state index contributed by atoms with van der Waals surface area (Å²) in [6.45, 7) is 8.83. The third-order valence-corrected chi connectivity index (χ3v) is 6.08. The minimum Gasteiger partial charge on any atom is -0.508 e. The van der Waals surface area contributed by atoms with Gasteiger partial charge in [-0.3, -0.25) is 14.4 Å². The first-order valence-corrected chi connectivity index (χ1v) is 13.3. The Bertz CT molecular complexity index is 1160. The molecule has 0 aliphatic carbocycles. The first kappa shape index (κ1) is 32.1. The van der Waals surface area contributed by atoms with Crippen molar-refractivity contribution in [1.29, 1.82) is 0 Å². The van der Waals surface area contributed by atoms with E-state index in [0.717, 1.165) is 12.0 Å². The summed E-state index contributed by atoms with van der Waals surface area (Å²) in [5.41, 5.74) is 1.26. The Morgan fingerprint density at radius 3 is 2.25 bits per heavy atom. The molecular formula is C30H41N3O7. The van der Waals surface area contributed by atoms with Crippen LogP contribution in [-0.4, -0.2) is 65.7 Å². The van der Waals surface area contributed by atoms with Crippen molar-refractivity contribution in [3.05, 3.63) is 65.2 Å². The van der Waals surface area contributed by atoms with Gasteiger partial charge in [0, 0.05) is 13.0 Å². The van der Waals surface area contributed by atoms with E-state index in [0.29, 0.717) is 17.5 Å². The molecule has 3 N–H and O–H groups in total. The summed E-state index contributed by atoms with van der Waals surface area (Å²) >= 11 is 0. The predicted molar refractivity (Wildman–Crippen MR) is 151 cm³/mol. The minimum atomic E-state index is -1.09. The van der Waals surface area contributed by atoms with E-state index in [9.17, 15) is 24.3 Å². The molecule has 10 heteroatoms. The van der Waals surface area contributed by atoms with Gasteiger partial charge >= 0.3 is 12.1 Å². The average Bonchev–Trinajstić information content (AvgIpc) is 2.89. The van der Waals surface area contributed by atoms with Gasteiger partial charge < -0.3 is 30.1 Å². The topological polar surface area (TPSA) is 134 Å². The van der Waals surface area contributed by atoms with Crippen molar-refractivity contribution in [3.63, 3.8) is 0 Å². The molecule has 2 atom stereocenters. The first-order chi connectivity index (χ1) is 18.9. The molecule has 0 aliphatic heterocycles. The fourth-order valence-corrected chi connectivity index (χ4v) is 4.09. The van der Waals surface area contributed by atoms with Crippen LogP contribution in [0.15, 0.2) is 48.5 Å². The van der Waals surface area contributed by atoms with Crippen LogP contribution >= 0.6 is 0 Å². The zero-order valence-corrected chi connectivity index (χ0v) is 24.2. The first-order valence-electron chi connectivity index (χ1n) is 13.3. The maximum absolute atomic E-state index is 14.3. The van der Waals surface area contributed by atoms with Crippen LogP contribution in [0, 0.1) is 6.92 Å². The number of hydrogen-bond acceptors (Lipinski definition) is 7. The van der Waals surface area contributed by atoms with E-state index in [4.69, 9.17) is 4.74 Å². The van der Waals surface area contributed by atoms with E-state index >= 15 is 0 Å². The summed E-state index contributed by atoms with van der Waals surface area (Å²) in [7, 11) is 1.22. The number of aromatic hydroxyl groups is 1. The number of aryl methyl sites for hydroxylation is 1. The number of phenols is 1. The molecule has 0 aliphatic rings. The summed E-state index contributed by atoms with van der Waals surface area (Å²) < 4.78 is 10.1. The fourth-order valence-electron chi connectivity index (χ4n) is 4.09. The van der Waals surface area contributed by atoms with Gasteiger partial charge in [-0.1, -0.05) is 49.7 Å². The van der Waals surface area contributed by atoms with Crippen LogP contribution < -0.4 is 10.6 Å². The van der Waals surface area contributed by atoms with E-state index in [2.05, 4.69) is 15.4 Å². The Labute approximate surface area is 236 Å². The van der Waals surface area contributed by atoms with Crippen LogP contribution in [-0.2, 0) is 30.3 Å². The number of ether oxygens (including phenoxy) is 2. The summed E-state index contributed by atoms with van der Waals surface area (Å²) in [6, 6.07) is 11.4. The highest BCUT2D eigenvalue weighted by atomic mass is 16.6. The molecule has 0 saturated heterocycles. The molecule has 0 fully saturated rings. The molecule has 0 saturated carbocycles. The second kappa shape index (κ2) is 14.9. The number of hydrogen-bond donors (Lipinski definition) is 3. The van der Waals surface area contributed by atoms with Crippen molar-refractivity contribution in [1.82, 2.24) is 15.5 Å². The Kier molecular flexibility index (Phi) is 12.0. The zero-order valence-electron chi connectivity index (χ0n) is 24.2. The standard InChI is InChI=1S/C30H41N3O7/c1-7-8-17-33(26(23-12-10-9-11-20(23)2)27(36)31-19-25(35)39-6)28(37)24(32-29(38)40-30(3,4)5)18-21-13-15-22(34)16-14-21/h9-16,24,26,34H,7-8,17-19H2,1-6H3,(H,31,36)(H,32,38). The number of esters is 1. The molecule has 3 amide bonds. The minimum absolute atomic E-state index is 0.0678. The Morgan fingerprint density at radius 2 is 1.68 bits per heavy atom. The number of unbranched alkanes of at least 4 members (excludes halogenated alkanes) is 1. The van der Waals surface area contributed by atoms with Crippen LogP contribution in [0.25, 0.3) is 0 Å². The number of benzene rings is 2. The van der Waals surface area contributed by atoms with E-state index < -0.39 is 41.6 Å².